The van der Waals surface area contributed by atoms with E-state index in [1.54, 1.807) is 13.2 Å². The van der Waals surface area contributed by atoms with Gasteiger partial charge in [-0.3, -0.25) is 4.79 Å². The summed E-state index contributed by atoms with van der Waals surface area (Å²) in [4.78, 5) is 14.3. The predicted octanol–water partition coefficient (Wildman–Crippen LogP) is 3.59. The third-order valence-corrected chi connectivity index (χ3v) is 4.43. The normalized spacial score (nSPS) is 14.5. The van der Waals surface area contributed by atoms with Crippen molar-refractivity contribution in [2.24, 2.45) is 5.10 Å². The largest absolute Gasteiger partial charge is 0.496 e. The Morgan fingerprint density at radius 2 is 1.96 bits per heavy atom. The highest BCUT2D eigenvalue weighted by Crippen LogP contribution is 2.26. The highest BCUT2D eigenvalue weighted by atomic mass is 19.1. The first-order valence-electron chi connectivity index (χ1n) is 8.70. The molecule has 136 valence electrons. The molecule has 5 nitrogen and oxygen atoms in total. The Morgan fingerprint density at radius 3 is 2.69 bits per heavy atom. The van der Waals surface area contributed by atoms with E-state index in [0.29, 0.717) is 5.75 Å². The molecule has 3 rings (SSSR count). The number of piperidine rings is 1. The van der Waals surface area contributed by atoms with E-state index in [9.17, 15) is 9.18 Å². The number of carbonyl (C=O) groups is 1. The number of hydrazone groups is 1. The Bertz CT molecular complexity index is 801. The van der Waals surface area contributed by atoms with Crippen LogP contribution in [0.15, 0.2) is 47.6 Å². The van der Waals surface area contributed by atoms with Crippen molar-refractivity contribution in [2.45, 2.75) is 19.3 Å². The number of nitrogens with one attached hydrogen (secondary N) is 1. The molecule has 26 heavy (non-hydrogen) atoms. The molecule has 1 amide bonds. The van der Waals surface area contributed by atoms with E-state index < -0.39 is 11.7 Å². The van der Waals surface area contributed by atoms with E-state index in [0.717, 1.165) is 24.3 Å². The van der Waals surface area contributed by atoms with Gasteiger partial charge in [0.15, 0.2) is 0 Å². The van der Waals surface area contributed by atoms with Gasteiger partial charge in [-0.15, -0.1) is 0 Å². The van der Waals surface area contributed by atoms with Crippen molar-refractivity contribution in [1.82, 2.24) is 5.43 Å². The SMILES string of the molecule is COc1cc(N2CCCCC2)ccc1/C=N\NC(=O)c1ccccc1F. The van der Waals surface area contributed by atoms with E-state index in [1.165, 1.54) is 43.7 Å². The van der Waals surface area contributed by atoms with Gasteiger partial charge in [0, 0.05) is 30.4 Å². The molecule has 0 radical (unpaired) electrons. The lowest BCUT2D eigenvalue weighted by Crippen LogP contribution is -2.29. The quantitative estimate of drug-likeness (QED) is 0.659. The number of carbonyl (C=O) groups excluding carboxylic acids is 1. The standard InChI is InChI=1S/C20H22FN3O2/c1-26-19-13-16(24-11-5-2-6-12-24)10-9-15(19)14-22-23-20(25)17-7-3-4-8-18(17)21/h3-4,7-10,13-14H,2,5-6,11-12H2,1H3,(H,23,25)/b22-14-. The fraction of sp³-hybridized carbons (Fsp3) is 0.300. The number of rotatable bonds is 5. The Balaban J connectivity index is 1.69. The first-order chi connectivity index (χ1) is 12.7. The van der Waals surface area contributed by atoms with Gasteiger partial charge in [0.05, 0.1) is 18.9 Å². The summed E-state index contributed by atoms with van der Waals surface area (Å²) in [6, 6.07) is 11.7. The third kappa shape index (κ3) is 4.20. The highest BCUT2D eigenvalue weighted by molar-refractivity contribution is 5.95. The number of halogens is 1. The zero-order chi connectivity index (χ0) is 18.4. The van der Waals surface area contributed by atoms with Gasteiger partial charge in [-0.1, -0.05) is 12.1 Å². The minimum atomic E-state index is -0.594. The van der Waals surface area contributed by atoms with Crippen molar-refractivity contribution < 1.29 is 13.9 Å². The molecule has 0 atom stereocenters. The molecule has 1 N–H and O–H groups in total. The average molecular weight is 355 g/mol. The molecule has 6 heteroatoms. The highest BCUT2D eigenvalue weighted by Gasteiger charge is 2.13. The van der Waals surface area contributed by atoms with Crippen LogP contribution in [-0.2, 0) is 0 Å². The van der Waals surface area contributed by atoms with Crippen LogP contribution in [0.2, 0.25) is 0 Å². The summed E-state index contributed by atoms with van der Waals surface area (Å²) in [5.41, 5.74) is 4.16. The summed E-state index contributed by atoms with van der Waals surface area (Å²) in [5, 5.41) is 3.93. The Hall–Kier alpha value is -2.89. The summed E-state index contributed by atoms with van der Waals surface area (Å²) < 4.78 is 19.0. The number of nitrogens with zero attached hydrogens (tertiary/aromatic N) is 2. The monoisotopic (exact) mass is 355 g/mol. The second-order valence-corrected chi connectivity index (χ2v) is 6.15. The van der Waals surface area contributed by atoms with E-state index in [1.807, 2.05) is 18.2 Å². The van der Waals surface area contributed by atoms with Crippen LogP contribution in [0.5, 0.6) is 5.75 Å². The van der Waals surface area contributed by atoms with E-state index in [-0.39, 0.29) is 5.56 Å². The molecule has 2 aromatic carbocycles. The van der Waals surface area contributed by atoms with Crippen LogP contribution < -0.4 is 15.1 Å². The second kappa shape index (κ2) is 8.47. The molecule has 1 heterocycles. The van der Waals surface area contributed by atoms with Gasteiger partial charge < -0.3 is 9.64 Å². The molecule has 0 saturated carbocycles. The van der Waals surface area contributed by atoms with Crippen LogP contribution in [0.1, 0.15) is 35.2 Å². The van der Waals surface area contributed by atoms with Gasteiger partial charge in [0.1, 0.15) is 11.6 Å². The Morgan fingerprint density at radius 1 is 1.19 bits per heavy atom. The molecule has 0 bridgehead atoms. The molecule has 1 aliphatic heterocycles. The number of amides is 1. The Kier molecular flexibility index (Phi) is 5.84. The van der Waals surface area contributed by atoms with Crippen LogP contribution >= 0.6 is 0 Å². The van der Waals surface area contributed by atoms with Crippen LogP contribution in [0.4, 0.5) is 10.1 Å². The molecule has 1 saturated heterocycles. The molecule has 0 unspecified atom stereocenters. The first kappa shape index (κ1) is 17.9. The van der Waals surface area contributed by atoms with E-state index in [2.05, 4.69) is 15.4 Å². The van der Waals surface area contributed by atoms with Crippen molar-refractivity contribution in [3.8, 4) is 5.75 Å². The lowest BCUT2D eigenvalue weighted by atomic mass is 10.1. The number of benzene rings is 2. The number of methoxy groups -OCH3 is 1. The van der Waals surface area contributed by atoms with Crippen molar-refractivity contribution in [3.63, 3.8) is 0 Å². The van der Waals surface area contributed by atoms with Crippen molar-refractivity contribution in [1.29, 1.82) is 0 Å². The lowest BCUT2D eigenvalue weighted by Gasteiger charge is -2.29. The summed E-state index contributed by atoms with van der Waals surface area (Å²) in [6.45, 7) is 2.10. The van der Waals surface area contributed by atoms with Gasteiger partial charge in [0.2, 0.25) is 0 Å². The molecule has 0 aromatic heterocycles. The summed E-state index contributed by atoms with van der Waals surface area (Å²) in [7, 11) is 1.60. The summed E-state index contributed by atoms with van der Waals surface area (Å²) in [5.74, 6) is -0.496. The van der Waals surface area contributed by atoms with Gasteiger partial charge in [-0.25, -0.2) is 9.82 Å². The molecule has 1 fully saturated rings. The third-order valence-electron chi connectivity index (χ3n) is 4.43. The number of hydrogen-bond donors (Lipinski definition) is 1. The molecule has 0 aliphatic carbocycles. The maximum atomic E-state index is 13.6. The molecule has 0 spiro atoms. The zero-order valence-corrected chi connectivity index (χ0v) is 14.7. The van der Waals surface area contributed by atoms with Gasteiger partial charge in [-0.05, 0) is 43.5 Å². The van der Waals surface area contributed by atoms with Crippen molar-refractivity contribution >= 4 is 17.8 Å². The number of hydrogen-bond acceptors (Lipinski definition) is 4. The fourth-order valence-electron chi connectivity index (χ4n) is 3.02. The van der Waals surface area contributed by atoms with Gasteiger partial charge in [-0.2, -0.15) is 5.10 Å². The summed E-state index contributed by atoms with van der Waals surface area (Å²) in [6.07, 6.45) is 5.18. The smallest absolute Gasteiger partial charge is 0.274 e. The molecular formula is C20H22FN3O2. The maximum absolute atomic E-state index is 13.6. The summed E-state index contributed by atoms with van der Waals surface area (Å²) >= 11 is 0. The maximum Gasteiger partial charge on any atom is 0.274 e. The first-order valence-corrected chi connectivity index (χ1v) is 8.70. The van der Waals surface area contributed by atoms with E-state index >= 15 is 0 Å². The van der Waals surface area contributed by atoms with Crippen LogP contribution in [-0.4, -0.2) is 32.3 Å². The predicted molar refractivity (Wildman–Crippen MR) is 101 cm³/mol. The minimum absolute atomic E-state index is 0.0444. The van der Waals surface area contributed by atoms with Crippen LogP contribution in [0, 0.1) is 5.82 Å². The van der Waals surface area contributed by atoms with Crippen molar-refractivity contribution in [2.75, 3.05) is 25.1 Å². The number of anilines is 1. The second-order valence-electron chi connectivity index (χ2n) is 6.15. The zero-order valence-electron chi connectivity index (χ0n) is 14.7. The lowest BCUT2D eigenvalue weighted by molar-refractivity contribution is 0.0951. The van der Waals surface area contributed by atoms with Crippen LogP contribution in [0.25, 0.3) is 0 Å². The average Bonchev–Trinajstić information content (AvgIpc) is 2.69. The van der Waals surface area contributed by atoms with Crippen LogP contribution in [0.3, 0.4) is 0 Å². The van der Waals surface area contributed by atoms with Gasteiger partial charge >= 0.3 is 0 Å². The van der Waals surface area contributed by atoms with Gasteiger partial charge in [0.25, 0.3) is 5.91 Å². The minimum Gasteiger partial charge on any atom is -0.496 e. The molecule has 1 aliphatic rings. The molecule has 2 aromatic rings. The molecular weight excluding hydrogens is 333 g/mol. The van der Waals surface area contributed by atoms with E-state index in [4.69, 9.17) is 4.74 Å². The number of ether oxygens (including phenoxy) is 1. The van der Waals surface area contributed by atoms with Crippen molar-refractivity contribution in [3.05, 3.63) is 59.4 Å². The fourth-order valence-corrected chi connectivity index (χ4v) is 3.02. The topological polar surface area (TPSA) is 53.9 Å². The Labute approximate surface area is 152 Å².